The van der Waals surface area contributed by atoms with E-state index >= 15 is 0 Å². The molecule has 15 heavy (non-hydrogen) atoms. The van der Waals surface area contributed by atoms with Crippen LogP contribution in [0.25, 0.3) is 0 Å². The van der Waals surface area contributed by atoms with Gasteiger partial charge in [-0.3, -0.25) is 15.1 Å². The Morgan fingerprint density at radius 1 is 1.67 bits per heavy atom. The summed E-state index contributed by atoms with van der Waals surface area (Å²) in [5.74, 6) is 0. The average molecular weight is 273 g/mol. The van der Waals surface area contributed by atoms with Gasteiger partial charge in [0.15, 0.2) is 0 Å². The molecule has 1 aromatic heterocycles. The first-order valence-electron chi connectivity index (χ1n) is 4.78. The molecule has 0 bridgehead atoms. The summed E-state index contributed by atoms with van der Waals surface area (Å²) in [4.78, 5) is 14.6. The zero-order valence-electron chi connectivity index (χ0n) is 8.74. The van der Waals surface area contributed by atoms with E-state index < -0.39 is 4.92 Å². The van der Waals surface area contributed by atoms with Crippen molar-refractivity contribution in [2.45, 2.75) is 31.5 Å². The SMILES string of the molecule is CCC(Br)Cc1ncc([N+](=O)[O-])cc1C. The van der Waals surface area contributed by atoms with Crippen molar-refractivity contribution in [2.75, 3.05) is 0 Å². The first kappa shape index (κ1) is 12.1. The second kappa shape index (κ2) is 5.21. The summed E-state index contributed by atoms with van der Waals surface area (Å²) in [6.45, 7) is 3.94. The molecule has 0 spiro atoms. The lowest BCUT2D eigenvalue weighted by molar-refractivity contribution is -0.385. The van der Waals surface area contributed by atoms with Crippen molar-refractivity contribution in [1.29, 1.82) is 0 Å². The van der Waals surface area contributed by atoms with Crippen LogP contribution in [-0.4, -0.2) is 14.7 Å². The predicted octanol–water partition coefficient (Wildman–Crippen LogP) is 3.01. The summed E-state index contributed by atoms with van der Waals surface area (Å²) in [6.07, 6.45) is 3.14. The number of hydrogen-bond donors (Lipinski definition) is 0. The third kappa shape index (κ3) is 3.27. The van der Waals surface area contributed by atoms with E-state index in [4.69, 9.17) is 0 Å². The van der Waals surface area contributed by atoms with Gasteiger partial charge in [-0.15, -0.1) is 0 Å². The number of aromatic nitrogens is 1. The third-order valence-corrected chi connectivity index (χ3v) is 3.21. The molecule has 4 nitrogen and oxygen atoms in total. The number of alkyl halides is 1. The van der Waals surface area contributed by atoms with E-state index in [2.05, 4.69) is 27.8 Å². The fourth-order valence-corrected chi connectivity index (χ4v) is 1.56. The maximum absolute atomic E-state index is 10.5. The summed E-state index contributed by atoms with van der Waals surface area (Å²) in [6, 6.07) is 1.57. The molecule has 0 aliphatic heterocycles. The van der Waals surface area contributed by atoms with E-state index in [1.807, 2.05) is 6.92 Å². The zero-order chi connectivity index (χ0) is 11.4. The van der Waals surface area contributed by atoms with Crippen molar-refractivity contribution in [2.24, 2.45) is 0 Å². The Kier molecular flexibility index (Phi) is 4.20. The molecular formula is C10H13BrN2O2. The van der Waals surface area contributed by atoms with Crippen LogP contribution in [0.2, 0.25) is 0 Å². The topological polar surface area (TPSA) is 56.0 Å². The Hall–Kier alpha value is -0.970. The van der Waals surface area contributed by atoms with Crippen LogP contribution in [-0.2, 0) is 6.42 Å². The fourth-order valence-electron chi connectivity index (χ4n) is 1.26. The number of aryl methyl sites for hydroxylation is 1. The third-order valence-electron chi connectivity index (χ3n) is 2.24. The van der Waals surface area contributed by atoms with Crippen LogP contribution in [0.3, 0.4) is 0 Å². The molecule has 0 fully saturated rings. The van der Waals surface area contributed by atoms with Crippen LogP contribution in [0.4, 0.5) is 5.69 Å². The maximum atomic E-state index is 10.5. The van der Waals surface area contributed by atoms with Gasteiger partial charge >= 0.3 is 0 Å². The van der Waals surface area contributed by atoms with Gasteiger partial charge in [0.2, 0.25) is 0 Å². The molecule has 1 rings (SSSR count). The van der Waals surface area contributed by atoms with Gasteiger partial charge in [0.25, 0.3) is 5.69 Å². The van der Waals surface area contributed by atoms with Crippen molar-refractivity contribution in [1.82, 2.24) is 4.98 Å². The Morgan fingerprint density at radius 2 is 2.33 bits per heavy atom. The molecule has 0 aliphatic carbocycles. The quantitative estimate of drug-likeness (QED) is 0.481. The Morgan fingerprint density at radius 3 is 2.80 bits per heavy atom. The summed E-state index contributed by atoms with van der Waals surface area (Å²) in [5.41, 5.74) is 1.85. The van der Waals surface area contributed by atoms with Gasteiger partial charge in [-0.1, -0.05) is 22.9 Å². The number of halogens is 1. The summed E-state index contributed by atoms with van der Waals surface area (Å²) < 4.78 is 0. The van der Waals surface area contributed by atoms with Crippen molar-refractivity contribution in [3.05, 3.63) is 33.6 Å². The van der Waals surface area contributed by atoms with Crippen LogP contribution in [0.5, 0.6) is 0 Å². The number of hydrogen-bond acceptors (Lipinski definition) is 3. The summed E-state index contributed by atoms with van der Waals surface area (Å²) in [7, 11) is 0. The molecule has 0 saturated carbocycles. The lowest BCUT2D eigenvalue weighted by atomic mass is 10.1. The van der Waals surface area contributed by atoms with Crippen molar-refractivity contribution < 1.29 is 4.92 Å². The summed E-state index contributed by atoms with van der Waals surface area (Å²) in [5, 5.41) is 10.5. The predicted molar refractivity (Wildman–Crippen MR) is 62.3 cm³/mol. The number of rotatable bonds is 4. The number of nitrogens with zero attached hydrogens (tertiary/aromatic N) is 2. The van der Waals surface area contributed by atoms with Gasteiger partial charge in [-0.2, -0.15) is 0 Å². The van der Waals surface area contributed by atoms with Gasteiger partial charge < -0.3 is 0 Å². The molecule has 0 aromatic carbocycles. The Balaban J connectivity index is 2.88. The lowest BCUT2D eigenvalue weighted by Gasteiger charge is -2.08. The van der Waals surface area contributed by atoms with Gasteiger partial charge in [-0.05, 0) is 18.9 Å². The Bertz CT molecular complexity index is 368. The van der Waals surface area contributed by atoms with Gasteiger partial charge in [0.05, 0.1) is 4.92 Å². The van der Waals surface area contributed by atoms with E-state index in [-0.39, 0.29) is 5.69 Å². The summed E-state index contributed by atoms with van der Waals surface area (Å²) >= 11 is 3.52. The zero-order valence-corrected chi connectivity index (χ0v) is 10.3. The highest BCUT2D eigenvalue weighted by Gasteiger charge is 2.11. The van der Waals surface area contributed by atoms with E-state index in [9.17, 15) is 10.1 Å². The molecule has 1 atom stereocenters. The molecule has 0 amide bonds. The highest BCUT2D eigenvalue weighted by Crippen LogP contribution is 2.18. The molecule has 1 heterocycles. The number of nitro groups is 1. The van der Waals surface area contributed by atoms with Crippen LogP contribution in [0.15, 0.2) is 12.3 Å². The van der Waals surface area contributed by atoms with Crippen molar-refractivity contribution in [3.63, 3.8) is 0 Å². The average Bonchev–Trinajstić information content (AvgIpc) is 2.20. The highest BCUT2D eigenvalue weighted by atomic mass is 79.9. The van der Waals surface area contributed by atoms with Crippen LogP contribution in [0.1, 0.15) is 24.6 Å². The highest BCUT2D eigenvalue weighted by molar-refractivity contribution is 9.09. The second-order valence-corrected chi connectivity index (χ2v) is 4.72. The molecule has 1 aromatic rings. The molecule has 0 saturated heterocycles. The van der Waals surface area contributed by atoms with Crippen molar-refractivity contribution in [3.8, 4) is 0 Å². The van der Waals surface area contributed by atoms with E-state index in [0.717, 1.165) is 24.1 Å². The minimum atomic E-state index is -0.421. The van der Waals surface area contributed by atoms with Crippen LogP contribution >= 0.6 is 15.9 Å². The molecular weight excluding hydrogens is 260 g/mol. The standard InChI is InChI=1S/C10H13BrN2O2/c1-3-8(11)5-10-7(2)4-9(6-12-10)13(14)15/h4,6,8H,3,5H2,1-2H3. The molecule has 0 N–H and O–H groups in total. The van der Waals surface area contributed by atoms with E-state index in [1.165, 1.54) is 6.20 Å². The van der Waals surface area contributed by atoms with Crippen molar-refractivity contribution >= 4 is 21.6 Å². The van der Waals surface area contributed by atoms with E-state index in [1.54, 1.807) is 6.07 Å². The molecule has 1 unspecified atom stereocenters. The molecule has 0 aliphatic rings. The van der Waals surface area contributed by atoms with Gasteiger partial charge in [0.1, 0.15) is 6.20 Å². The number of pyridine rings is 1. The minimum Gasteiger partial charge on any atom is -0.258 e. The first-order valence-corrected chi connectivity index (χ1v) is 5.70. The smallest absolute Gasteiger partial charge is 0.258 e. The molecule has 0 radical (unpaired) electrons. The second-order valence-electron chi connectivity index (χ2n) is 3.42. The van der Waals surface area contributed by atoms with Crippen LogP contribution < -0.4 is 0 Å². The molecule has 5 heteroatoms. The Labute approximate surface area is 97.0 Å². The minimum absolute atomic E-state index is 0.0545. The lowest BCUT2D eigenvalue weighted by Crippen LogP contribution is -2.05. The van der Waals surface area contributed by atoms with Crippen LogP contribution in [0, 0.1) is 17.0 Å². The van der Waals surface area contributed by atoms with Gasteiger partial charge in [-0.25, -0.2) is 0 Å². The normalized spacial score (nSPS) is 12.5. The van der Waals surface area contributed by atoms with E-state index in [0.29, 0.717) is 4.83 Å². The first-order chi connectivity index (χ1) is 7.04. The fraction of sp³-hybridized carbons (Fsp3) is 0.500. The largest absolute Gasteiger partial charge is 0.287 e. The molecule has 82 valence electrons. The van der Waals surface area contributed by atoms with Gasteiger partial charge in [0, 0.05) is 23.0 Å². The maximum Gasteiger partial charge on any atom is 0.287 e. The monoisotopic (exact) mass is 272 g/mol.